The van der Waals surface area contributed by atoms with Crippen molar-refractivity contribution in [2.24, 2.45) is 0 Å². The number of ether oxygens (including phenoxy) is 12. The predicted molar refractivity (Wildman–Crippen MR) is 265 cm³/mol. The Hall–Kier alpha value is -6.55. The van der Waals surface area contributed by atoms with Crippen LogP contribution >= 0.6 is 0 Å². The molecular weight excluding hydrogens is 1080 g/mol. The van der Waals surface area contributed by atoms with Crippen molar-refractivity contribution in [3.05, 3.63) is 108 Å². The second-order valence-electron chi connectivity index (χ2n) is 18.9. The number of hydrogen-bond donors (Lipinski definition) is 11. The number of carbonyl (C=O) groups excluding carboxylic acids is 5. The molecule has 4 aliphatic heterocycles. The first-order valence-corrected chi connectivity index (χ1v) is 25.1. The minimum absolute atomic E-state index is 0.0924. The van der Waals surface area contributed by atoms with Crippen molar-refractivity contribution < 1.29 is 137 Å². The first-order valence-electron chi connectivity index (χ1n) is 25.1. The monoisotopic (exact) mass is 1150 g/mol. The lowest BCUT2D eigenvalue weighted by Gasteiger charge is -2.50. The van der Waals surface area contributed by atoms with E-state index in [-0.39, 0.29) is 17.1 Å². The van der Waals surface area contributed by atoms with Gasteiger partial charge >= 0.3 is 29.8 Å². The summed E-state index contributed by atoms with van der Waals surface area (Å²) in [7, 11) is 0. The highest BCUT2D eigenvalue weighted by Gasteiger charge is 2.64. The zero-order chi connectivity index (χ0) is 58.7. The average molecular weight is 1150 g/mol. The molecule has 0 saturated carbocycles. The number of aromatic hydroxyl groups is 2. The summed E-state index contributed by atoms with van der Waals surface area (Å²) in [4.78, 5) is 66.1. The van der Waals surface area contributed by atoms with Crippen molar-refractivity contribution in [1.82, 2.24) is 0 Å². The highest BCUT2D eigenvalue weighted by atomic mass is 16.8. The summed E-state index contributed by atoms with van der Waals surface area (Å²) in [6, 6.07) is 18.3. The number of aliphatic hydroxyl groups excluding tert-OH is 9. The second-order valence-corrected chi connectivity index (χ2v) is 18.9. The summed E-state index contributed by atoms with van der Waals surface area (Å²) >= 11 is 0. The van der Waals surface area contributed by atoms with Gasteiger partial charge in [0.2, 0.25) is 5.79 Å². The maximum absolute atomic E-state index is 14.0. The van der Waals surface area contributed by atoms with Crippen molar-refractivity contribution in [2.45, 2.75) is 130 Å². The predicted octanol–water partition coefficient (Wildman–Crippen LogP) is -2.80. The molecule has 442 valence electrons. The van der Waals surface area contributed by atoms with Crippen LogP contribution in [0.3, 0.4) is 0 Å². The van der Waals surface area contributed by atoms with E-state index in [1.165, 1.54) is 36.4 Å². The molecule has 28 heteroatoms. The lowest BCUT2D eigenvalue weighted by atomic mass is 9.95. The Morgan fingerprint density at radius 1 is 0.519 bits per heavy atom. The van der Waals surface area contributed by atoms with Gasteiger partial charge in [-0.15, -0.1) is 0 Å². The van der Waals surface area contributed by atoms with Crippen LogP contribution in [-0.2, 0) is 76.0 Å². The van der Waals surface area contributed by atoms with Crippen LogP contribution in [0.15, 0.2) is 91.0 Å². The van der Waals surface area contributed by atoms with E-state index in [4.69, 9.17) is 56.8 Å². The third-order valence-corrected chi connectivity index (χ3v) is 13.1. The van der Waals surface area contributed by atoms with Crippen LogP contribution in [-0.4, -0.2) is 235 Å². The van der Waals surface area contributed by atoms with Crippen LogP contribution in [0.1, 0.15) is 35.3 Å². The SMILES string of the molecule is CC(=O)OCC1OC(OC2C(OC(=O)C=Cc3ccccc3)C(COC(C)=O)OC(OC3(COC(=O)C=Cc4ccc(O)cc4)OC(CO)C(O)C3OC(=O)c3ccc(O)cc3)C2OC2OC(CO)C(O)C(O)C2O)C(O)C(O)C1O. The van der Waals surface area contributed by atoms with Crippen LogP contribution < -0.4 is 0 Å². The van der Waals surface area contributed by atoms with Crippen molar-refractivity contribution in [1.29, 1.82) is 0 Å². The molecule has 4 aliphatic rings. The Morgan fingerprint density at radius 2 is 1.02 bits per heavy atom. The lowest BCUT2D eigenvalue weighted by Crippen LogP contribution is -2.69. The molecule has 7 rings (SSSR count). The van der Waals surface area contributed by atoms with Gasteiger partial charge in [-0.05, 0) is 59.7 Å². The minimum atomic E-state index is -2.95. The second kappa shape index (κ2) is 27.9. The first-order chi connectivity index (χ1) is 38.6. The molecule has 3 aromatic rings. The molecule has 28 nitrogen and oxygen atoms in total. The Morgan fingerprint density at radius 3 is 1.60 bits per heavy atom. The van der Waals surface area contributed by atoms with E-state index in [0.29, 0.717) is 11.1 Å². The molecule has 0 aromatic heterocycles. The molecule has 4 heterocycles. The molecule has 0 spiro atoms. The van der Waals surface area contributed by atoms with Crippen LogP contribution in [0.5, 0.6) is 11.5 Å². The minimum Gasteiger partial charge on any atom is -0.508 e. The van der Waals surface area contributed by atoms with Gasteiger partial charge in [0.25, 0.3) is 0 Å². The molecule has 4 fully saturated rings. The number of benzene rings is 3. The summed E-state index contributed by atoms with van der Waals surface area (Å²) in [5.41, 5.74) is 0.623. The zero-order valence-electron chi connectivity index (χ0n) is 43.1. The van der Waals surface area contributed by atoms with E-state index in [9.17, 15) is 80.1 Å². The van der Waals surface area contributed by atoms with Gasteiger partial charge in [-0.2, -0.15) is 0 Å². The highest BCUT2D eigenvalue weighted by Crippen LogP contribution is 2.42. The van der Waals surface area contributed by atoms with E-state index in [1.807, 2.05) is 0 Å². The molecule has 0 aliphatic carbocycles. The summed E-state index contributed by atoms with van der Waals surface area (Å²) in [5.74, 6) is -8.74. The molecule has 19 unspecified atom stereocenters. The topological polar surface area (TPSA) is 419 Å². The van der Waals surface area contributed by atoms with Crippen LogP contribution in [0.25, 0.3) is 12.2 Å². The summed E-state index contributed by atoms with van der Waals surface area (Å²) in [6.07, 6.45) is -33.3. The van der Waals surface area contributed by atoms with E-state index >= 15 is 0 Å². The Bertz CT molecular complexity index is 2630. The fraction of sp³-hybridized carbons (Fsp3) is 0.491. The maximum Gasteiger partial charge on any atom is 0.338 e. The highest BCUT2D eigenvalue weighted by molar-refractivity contribution is 5.90. The fourth-order valence-corrected chi connectivity index (χ4v) is 8.85. The molecule has 4 saturated heterocycles. The number of rotatable bonds is 21. The first kappa shape index (κ1) is 62.1. The van der Waals surface area contributed by atoms with E-state index in [1.54, 1.807) is 30.3 Å². The van der Waals surface area contributed by atoms with E-state index in [2.05, 4.69) is 0 Å². The number of esters is 5. The van der Waals surface area contributed by atoms with E-state index in [0.717, 1.165) is 50.3 Å². The van der Waals surface area contributed by atoms with Gasteiger partial charge in [0, 0.05) is 26.0 Å². The molecule has 0 radical (unpaired) electrons. The number of carbonyl (C=O) groups is 5. The third kappa shape index (κ3) is 15.5. The number of aliphatic hydroxyl groups is 9. The molecule has 81 heavy (non-hydrogen) atoms. The Kier molecular flexibility index (Phi) is 21.4. The van der Waals surface area contributed by atoms with Gasteiger partial charge in [0.05, 0.1) is 18.8 Å². The molecule has 19 atom stereocenters. The Labute approximate surface area is 460 Å². The molecule has 0 bridgehead atoms. The Balaban J connectivity index is 1.39. The largest absolute Gasteiger partial charge is 0.508 e. The number of phenols is 2. The molecule has 0 amide bonds. The standard InChI is InChI=1S/C53H62O28/c1-25(56)70-22-34-39(63)42(66)44(68)51(74-34)77-46-45(76-37(61)19-11-27-6-4-3-5-7-27)35(23-71-26(2)57)75-52(47(46)78-50-43(67)41(65)38(62)32(20-54)73-50)81-53(24-72-36(60)18-10-28-8-14-30(58)15-9-28)48(40(64)33(21-55)80-53)79-49(69)29-12-16-31(59)17-13-29/h3-19,32-35,38-48,50-52,54-55,58-59,62-68H,20-24H2,1-2H3. The summed E-state index contributed by atoms with van der Waals surface area (Å²) < 4.78 is 71.2. The van der Waals surface area contributed by atoms with Gasteiger partial charge in [0.1, 0.15) is 111 Å². The maximum atomic E-state index is 14.0. The van der Waals surface area contributed by atoms with Crippen molar-refractivity contribution in [2.75, 3.05) is 33.0 Å². The molecular formula is C53H62O28. The van der Waals surface area contributed by atoms with Crippen molar-refractivity contribution in [3.8, 4) is 11.5 Å². The van der Waals surface area contributed by atoms with Gasteiger partial charge in [-0.3, -0.25) is 9.59 Å². The summed E-state index contributed by atoms with van der Waals surface area (Å²) in [6.45, 7) is -3.01. The summed E-state index contributed by atoms with van der Waals surface area (Å²) in [5, 5.41) is 119. The normalized spacial score (nSPS) is 34.1. The van der Waals surface area contributed by atoms with Crippen LogP contribution in [0.2, 0.25) is 0 Å². The van der Waals surface area contributed by atoms with Crippen LogP contribution in [0, 0.1) is 0 Å². The third-order valence-electron chi connectivity index (χ3n) is 13.1. The van der Waals surface area contributed by atoms with Gasteiger partial charge in [0.15, 0.2) is 31.1 Å². The number of phenolic OH excluding ortho intramolecular Hbond substituents is 2. The van der Waals surface area contributed by atoms with E-state index < -0.39 is 179 Å². The number of hydrogen-bond acceptors (Lipinski definition) is 28. The lowest BCUT2D eigenvalue weighted by molar-refractivity contribution is -0.421. The average Bonchev–Trinajstić information content (AvgIpc) is 3.56. The van der Waals surface area contributed by atoms with Crippen molar-refractivity contribution >= 4 is 42.0 Å². The van der Waals surface area contributed by atoms with Crippen LogP contribution in [0.4, 0.5) is 0 Å². The molecule has 11 N–H and O–H groups in total. The molecule has 3 aromatic carbocycles. The zero-order valence-corrected chi connectivity index (χ0v) is 43.1. The fourth-order valence-electron chi connectivity index (χ4n) is 8.85. The smallest absolute Gasteiger partial charge is 0.338 e. The van der Waals surface area contributed by atoms with Crippen molar-refractivity contribution in [3.63, 3.8) is 0 Å². The van der Waals surface area contributed by atoms with Gasteiger partial charge < -0.3 is 113 Å². The van der Waals surface area contributed by atoms with Gasteiger partial charge in [-0.1, -0.05) is 42.5 Å². The quantitative estimate of drug-likeness (QED) is 0.0291. The van der Waals surface area contributed by atoms with Gasteiger partial charge in [-0.25, -0.2) is 14.4 Å².